The molecule has 2 aliphatic heterocycles. The van der Waals surface area contributed by atoms with Crippen molar-refractivity contribution in [2.24, 2.45) is 0 Å². The Bertz CT molecular complexity index is 1130. The predicted molar refractivity (Wildman–Crippen MR) is 111 cm³/mol. The second-order valence-electron chi connectivity index (χ2n) is 7.34. The highest BCUT2D eigenvalue weighted by Crippen LogP contribution is 2.31. The lowest BCUT2D eigenvalue weighted by atomic mass is 10.1. The van der Waals surface area contributed by atoms with Crippen molar-refractivity contribution in [3.63, 3.8) is 0 Å². The van der Waals surface area contributed by atoms with Crippen LogP contribution in [0.15, 0.2) is 59.5 Å². The Morgan fingerprint density at radius 1 is 0.935 bits per heavy atom. The summed E-state index contributed by atoms with van der Waals surface area (Å²) in [5.74, 6) is -0.328. The number of carbonyl (C=O) groups excluding carboxylic acids is 2. The number of hydrogen-bond donors (Lipinski definition) is 0. The zero-order chi connectivity index (χ0) is 22.2. The number of nitrogens with zero attached hydrogens (tertiary/aromatic N) is 4. The summed E-state index contributed by atoms with van der Waals surface area (Å²) in [5.41, 5.74) is 0.0276. The summed E-state index contributed by atoms with van der Waals surface area (Å²) in [7, 11) is -4.05. The maximum atomic E-state index is 13.0. The molecule has 2 heterocycles. The molecule has 10 nitrogen and oxygen atoms in total. The fourth-order valence-electron chi connectivity index (χ4n) is 4.00. The van der Waals surface area contributed by atoms with E-state index in [-0.39, 0.29) is 36.5 Å². The summed E-state index contributed by atoms with van der Waals surface area (Å²) >= 11 is 0. The Hall–Kier alpha value is -3.31. The van der Waals surface area contributed by atoms with E-state index in [9.17, 15) is 28.1 Å². The third kappa shape index (κ3) is 3.77. The van der Waals surface area contributed by atoms with Crippen molar-refractivity contribution in [3.8, 4) is 0 Å². The fourth-order valence-corrected chi connectivity index (χ4v) is 5.62. The summed E-state index contributed by atoms with van der Waals surface area (Å²) < 4.78 is 27.1. The molecule has 3 amide bonds. The largest absolute Gasteiger partial charge is 0.332 e. The van der Waals surface area contributed by atoms with Gasteiger partial charge in [0.05, 0.1) is 10.6 Å². The van der Waals surface area contributed by atoms with Crippen molar-refractivity contribution in [1.82, 2.24) is 9.21 Å². The number of carbonyl (C=O) groups is 2. The zero-order valence-electron chi connectivity index (χ0n) is 16.5. The van der Waals surface area contributed by atoms with Gasteiger partial charge in [0, 0.05) is 25.2 Å². The van der Waals surface area contributed by atoms with E-state index in [0.29, 0.717) is 18.5 Å². The Kier molecular flexibility index (Phi) is 5.46. The smallest absolute Gasteiger partial charge is 0.312 e. The highest BCUT2D eigenvalue weighted by atomic mass is 32.2. The average molecular weight is 444 g/mol. The van der Waals surface area contributed by atoms with Crippen LogP contribution in [0.5, 0.6) is 0 Å². The normalized spacial score (nSPS) is 18.6. The Morgan fingerprint density at radius 3 is 2.19 bits per heavy atom. The van der Waals surface area contributed by atoms with E-state index < -0.39 is 26.7 Å². The molecule has 2 aromatic rings. The minimum atomic E-state index is -4.05. The number of amides is 3. The van der Waals surface area contributed by atoms with Gasteiger partial charge in [-0.05, 0) is 31.0 Å². The molecule has 0 unspecified atom stereocenters. The van der Waals surface area contributed by atoms with Crippen LogP contribution in [0.25, 0.3) is 0 Å². The molecule has 31 heavy (non-hydrogen) atoms. The molecule has 0 aromatic heterocycles. The Morgan fingerprint density at radius 2 is 1.55 bits per heavy atom. The molecule has 0 atom stereocenters. The number of benzene rings is 2. The van der Waals surface area contributed by atoms with Crippen LogP contribution in [0.1, 0.15) is 12.8 Å². The average Bonchev–Trinajstić information content (AvgIpc) is 3.08. The maximum absolute atomic E-state index is 13.0. The van der Waals surface area contributed by atoms with Gasteiger partial charge in [-0.2, -0.15) is 4.31 Å². The van der Waals surface area contributed by atoms with Crippen molar-refractivity contribution in [2.75, 3.05) is 24.5 Å². The quantitative estimate of drug-likeness (QED) is 0.396. The number of urea groups is 1. The van der Waals surface area contributed by atoms with Gasteiger partial charge in [0.2, 0.25) is 10.0 Å². The third-order valence-electron chi connectivity index (χ3n) is 5.55. The first kappa shape index (κ1) is 20.9. The highest BCUT2D eigenvalue weighted by molar-refractivity contribution is 7.89. The Labute approximate surface area is 178 Å². The summed E-state index contributed by atoms with van der Waals surface area (Å²) in [6.07, 6.45) is 0.670. The highest BCUT2D eigenvalue weighted by Gasteiger charge is 2.43. The molecule has 4 rings (SSSR count). The molecule has 162 valence electrons. The van der Waals surface area contributed by atoms with Crippen LogP contribution in [0.3, 0.4) is 0 Å². The van der Waals surface area contributed by atoms with Gasteiger partial charge in [-0.25, -0.2) is 18.1 Å². The number of anilines is 1. The molecule has 0 aliphatic carbocycles. The van der Waals surface area contributed by atoms with Gasteiger partial charge < -0.3 is 4.90 Å². The van der Waals surface area contributed by atoms with Crippen molar-refractivity contribution < 1.29 is 22.9 Å². The van der Waals surface area contributed by atoms with Crippen LogP contribution in [0, 0.1) is 10.1 Å². The first-order valence-electron chi connectivity index (χ1n) is 9.73. The molecule has 0 saturated carbocycles. The standard InChI is InChI=1S/C20H20N4O6S/c25-19-14-22(20(26)23(19)16-6-2-1-3-7-16)15-10-12-21(13-11-15)31(29,30)18-9-5-4-8-17(18)24(27)28/h1-9,15H,10-14H2. The monoisotopic (exact) mass is 444 g/mol. The van der Waals surface area contributed by atoms with Gasteiger partial charge in [0.1, 0.15) is 6.54 Å². The molecule has 0 N–H and O–H groups in total. The van der Waals surface area contributed by atoms with E-state index in [1.54, 1.807) is 30.3 Å². The zero-order valence-corrected chi connectivity index (χ0v) is 17.3. The molecule has 0 bridgehead atoms. The van der Waals surface area contributed by atoms with E-state index in [0.717, 1.165) is 11.0 Å². The number of piperidine rings is 1. The lowest BCUT2D eigenvalue weighted by Crippen LogP contribution is -2.48. The van der Waals surface area contributed by atoms with Crippen LogP contribution in [0.2, 0.25) is 0 Å². The van der Waals surface area contributed by atoms with Gasteiger partial charge in [-0.3, -0.25) is 14.9 Å². The minimum Gasteiger partial charge on any atom is -0.312 e. The summed E-state index contributed by atoms with van der Waals surface area (Å²) in [6, 6.07) is 13.2. The first-order valence-corrected chi connectivity index (χ1v) is 11.2. The topological polar surface area (TPSA) is 121 Å². The van der Waals surface area contributed by atoms with E-state index >= 15 is 0 Å². The van der Waals surface area contributed by atoms with Crippen LogP contribution in [-0.2, 0) is 14.8 Å². The van der Waals surface area contributed by atoms with Crippen LogP contribution in [-0.4, -0.2) is 60.2 Å². The fraction of sp³-hybridized carbons (Fsp3) is 0.300. The van der Waals surface area contributed by atoms with Gasteiger partial charge in [0.25, 0.3) is 11.6 Å². The van der Waals surface area contributed by atoms with E-state index in [1.807, 2.05) is 0 Å². The van der Waals surface area contributed by atoms with Crippen LogP contribution in [0.4, 0.5) is 16.2 Å². The van der Waals surface area contributed by atoms with Gasteiger partial charge in [-0.1, -0.05) is 30.3 Å². The molecular formula is C20H20N4O6S. The summed E-state index contributed by atoms with van der Waals surface area (Å²) in [4.78, 5) is 38.1. The molecule has 2 saturated heterocycles. The minimum absolute atomic E-state index is 0.0602. The van der Waals surface area contributed by atoms with E-state index in [1.165, 1.54) is 27.4 Å². The van der Waals surface area contributed by atoms with Crippen molar-refractivity contribution in [1.29, 1.82) is 0 Å². The molecule has 2 fully saturated rings. The van der Waals surface area contributed by atoms with E-state index in [2.05, 4.69) is 0 Å². The number of imide groups is 1. The second kappa shape index (κ2) is 8.08. The van der Waals surface area contributed by atoms with Crippen LogP contribution < -0.4 is 4.90 Å². The van der Waals surface area contributed by atoms with Gasteiger partial charge >= 0.3 is 6.03 Å². The molecule has 2 aromatic carbocycles. The molecular weight excluding hydrogens is 424 g/mol. The SMILES string of the molecule is O=C1CN(C2CCN(S(=O)(=O)c3ccccc3[N+](=O)[O-])CC2)C(=O)N1c1ccccc1. The molecule has 11 heteroatoms. The lowest BCUT2D eigenvalue weighted by molar-refractivity contribution is -0.387. The predicted octanol–water partition coefficient (Wildman–Crippen LogP) is 2.22. The lowest BCUT2D eigenvalue weighted by Gasteiger charge is -2.35. The van der Waals surface area contributed by atoms with Crippen molar-refractivity contribution in [3.05, 3.63) is 64.7 Å². The summed E-state index contributed by atoms with van der Waals surface area (Å²) in [6.45, 7) is 0.139. The van der Waals surface area contributed by atoms with Gasteiger partial charge in [0.15, 0.2) is 4.90 Å². The first-order chi connectivity index (χ1) is 14.8. The third-order valence-corrected chi connectivity index (χ3v) is 7.50. The number of nitro groups is 1. The van der Waals surface area contributed by atoms with E-state index in [4.69, 9.17) is 0 Å². The number of rotatable bonds is 5. The molecule has 0 radical (unpaired) electrons. The number of para-hydroxylation sites is 2. The Balaban J connectivity index is 1.48. The molecule has 2 aliphatic rings. The molecule has 0 spiro atoms. The number of sulfonamides is 1. The van der Waals surface area contributed by atoms with Crippen molar-refractivity contribution in [2.45, 2.75) is 23.8 Å². The van der Waals surface area contributed by atoms with Gasteiger partial charge in [-0.15, -0.1) is 0 Å². The summed E-state index contributed by atoms with van der Waals surface area (Å²) in [5, 5.41) is 11.2. The second-order valence-corrected chi connectivity index (χ2v) is 9.24. The number of nitro benzene ring substituents is 1. The number of hydrogen-bond acceptors (Lipinski definition) is 6. The maximum Gasteiger partial charge on any atom is 0.332 e. The van der Waals surface area contributed by atoms with Crippen LogP contribution >= 0.6 is 0 Å². The van der Waals surface area contributed by atoms with Crippen molar-refractivity contribution >= 4 is 33.3 Å².